The number of hydrogen-bond donors (Lipinski definition) is 0. The highest BCUT2D eigenvalue weighted by atomic mass is 19.4. The maximum atomic E-state index is 13.3. The van der Waals surface area contributed by atoms with Gasteiger partial charge in [-0.2, -0.15) is 13.2 Å². The Kier molecular flexibility index (Phi) is 7.38. The Morgan fingerprint density at radius 1 is 1.06 bits per heavy atom. The smallest absolute Gasteiger partial charge is 0.416 e. The van der Waals surface area contributed by atoms with Gasteiger partial charge in [0, 0.05) is 45.8 Å². The number of benzene rings is 1. The van der Waals surface area contributed by atoms with Crippen LogP contribution in [0.5, 0.6) is 0 Å². The number of carbonyl (C=O) groups excluding carboxylic acids is 1. The minimum atomic E-state index is -4.34. The topological polar surface area (TPSA) is 52.8 Å². The fourth-order valence-electron chi connectivity index (χ4n) is 4.77. The molecular weight excluding hydrogens is 433 g/mol. The molecule has 180 valence electrons. The molecule has 2 fully saturated rings. The first-order chi connectivity index (χ1) is 15.8. The summed E-state index contributed by atoms with van der Waals surface area (Å²) in [5.74, 6) is 0.385. The second-order valence-corrected chi connectivity index (χ2v) is 9.04. The van der Waals surface area contributed by atoms with Crippen molar-refractivity contribution in [3.63, 3.8) is 0 Å². The second kappa shape index (κ2) is 10.3. The lowest BCUT2D eigenvalue weighted by atomic mass is 9.94. The molecule has 2 aromatic rings. The van der Waals surface area contributed by atoms with Crippen molar-refractivity contribution in [1.82, 2.24) is 19.7 Å². The molecule has 2 heterocycles. The number of oxazole rings is 1. The highest BCUT2D eigenvalue weighted by molar-refractivity contribution is 5.92. The van der Waals surface area contributed by atoms with Crippen LogP contribution in [0.2, 0.25) is 0 Å². The number of carbonyl (C=O) groups is 1. The number of amides is 1. The quantitative estimate of drug-likeness (QED) is 0.634. The SMILES string of the molecule is CN(C(=O)c1coc(CN2CCN(Cc3ccccc3C(F)(F)F)CC2)n1)C1CCCCC1. The van der Waals surface area contributed by atoms with Crippen LogP contribution in [0.15, 0.2) is 34.9 Å². The van der Waals surface area contributed by atoms with Crippen molar-refractivity contribution in [2.45, 2.75) is 57.4 Å². The van der Waals surface area contributed by atoms with Crippen LogP contribution >= 0.6 is 0 Å². The van der Waals surface area contributed by atoms with Crippen LogP contribution in [0.4, 0.5) is 13.2 Å². The van der Waals surface area contributed by atoms with E-state index in [4.69, 9.17) is 4.42 Å². The first-order valence-electron chi connectivity index (χ1n) is 11.6. The molecule has 6 nitrogen and oxygen atoms in total. The van der Waals surface area contributed by atoms with Crippen molar-refractivity contribution in [2.75, 3.05) is 33.2 Å². The van der Waals surface area contributed by atoms with Gasteiger partial charge in [0.05, 0.1) is 12.1 Å². The number of aromatic nitrogens is 1. The maximum absolute atomic E-state index is 13.3. The molecule has 0 spiro atoms. The highest BCUT2D eigenvalue weighted by Gasteiger charge is 2.33. The standard InChI is InChI=1S/C24H31F3N4O2/c1-29(19-8-3-2-4-9-19)23(32)21-17-33-22(28-21)16-31-13-11-30(12-14-31)15-18-7-5-6-10-20(18)24(25,26)27/h5-7,10,17,19H,2-4,8-9,11-16H2,1H3. The molecule has 1 amide bonds. The molecule has 1 aromatic heterocycles. The van der Waals surface area contributed by atoms with Crippen molar-refractivity contribution in [3.8, 4) is 0 Å². The average Bonchev–Trinajstić information content (AvgIpc) is 3.28. The van der Waals surface area contributed by atoms with Crippen molar-refractivity contribution in [3.05, 3.63) is 53.2 Å². The summed E-state index contributed by atoms with van der Waals surface area (Å²) in [5, 5.41) is 0. The zero-order valence-corrected chi connectivity index (χ0v) is 19.0. The Bertz CT molecular complexity index is 932. The first kappa shape index (κ1) is 23.8. The van der Waals surface area contributed by atoms with Gasteiger partial charge >= 0.3 is 6.18 Å². The third kappa shape index (κ3) is 5.95. The van der Waals surface area contributed by atoms with Gasteiger partial charge in [0.25, 0.3) is 5.91 Å². The molecule has 9 heteroatoms. The Labute approximate surface area is 192 Å². The van der Waals surface area contributed by atoms with Gasteiger partial charge in [-0.3, -0.25) is 14.6 Å². The zero-order valence-electron chi connectivity index (χ0n) is 19.0. The number of piperazine rings is 1. The summed E-state index contributed by atoms with van der Waals surface area (Å²) in [6.45, 7) is 3.46. The van der Waals surface area contributed by atoms with E-state index >= 15 is 0 Å². The Morgan fingerprint density at radius 2 is 1.70 bits per heavy atom. The van der Waals surface area contributed by atoms with E-state index in [2.05, 4.69) is 9.88 Å². The number of hydrogen-bond acceptors (Lipinski definition) is 5. The van der Waals surface area contributed by atoms with Crippen LogP contribution in [0.25, 0.3) is 0 Å². The van der Waals surface area contributed by atoms with Crippen LogP contribution in [-0.2, 0) is 19.3 Å². The molecular formula is C24H31F3N4O2. The molecule has 33 heavy (non-hydrogen) atoms. The van der Waals surface area contributed by atoms with Crippen molar-refractivity contribution in [2.24, 2.45) is 0 Å². The fourth-order valence-corrected chi connectivity index (χ4v) is 4.77. The Morgan fingerprint density at radius 3 is 2.36 bits per heavy atom. The van der Waals surface area contributed by atoms with Crippen LogP contribution < -0.4 is 0 Å². The van der Waals surface area contributed by atoms with Gasteiger partial charge in [-0.25, -0.2) is 4.98 Å². The van der Waals surface area contributed by atoms with Gasteiger partial charge < -0.3 is 9.32 Å². The average molecular weight is 465 g/mol. The molecule has 1 aliphatic heterocycles. The molecule has 1 saturated heterocycles. The van der Waals surface area contributed by atoms with Gasteiger partial charge in [-0.05, 0) is 24.5 Å². The van der Waals surface area contributed by atoms with Crippen molar-refractivity contribution >= 4 is 5.91 Å². The summed E-state index contributed by atoms with van der Waals surface area (Å²) in [4.78, 5) is 23.1. The Balaban J connectivity index is 1.28. The molecule has 0 bridgehead atoms. The number of rotatable bonds is 6. The van der Waals surface area contributed by atoms with E-state index in [-0.39, 0.29) is 18.5 Å². The molecule has 2 aliphatic rings. The van der Waals surface area contributed by atoms with Crippen LogP contribution in [0.1, 0.15) is 59.6 Å². The van der Waals surface area contributed by atoms with Gasteiger partial charge in [0.1, 0.15) is 6.26 Å². The normalized spacial score (nSPS) is 19.0. The van der Waals surface area contributed by atoms with Gasteiger partial charge in [0.15, 0.2) is 5.69 Å². The zero-order chi connectivity index (χ0) is 23.4. The van der Waals surface area contributed by atoms with Crippen molar-refractivity contribution in [1.29, 1.82) is 0 Å². The number of nitrogens with zero attached hydrogens (tertiary/aromatic N) is 4. The van der Waals surface area contributed by atoms with Crippen LogP contribution in [0, 0.1) is 0 Å². The molecule has 4 rings (SSSR count). The highest BCUT2D eigenvalue weighted by Crippen LogP contribution is 2.32. The lowest BCUT2D eigenvalue weighted by Crippen LogP contribution is -2.45. The van der Waals surface area contributed by atoms with E-state index in [1.54, 1.807) is 17.0 Å². The molecule has 0 unspecified atom stereocenters. The minimum Gasteiger partial charge on any atom is -0.447 e. The van der Waals surface area contributed by atoms with E-state index in [1.807, 2.05) is 11.9 Å². The summed E-state index contributed by atoms with van der Waals surface area (Å²) in [5.41, 5.74) is 0.0689. The second-order valence-electron chi connectivity index (χ2n) is 9.04. The lowest BCUT2D eigenvalue weighted by Gasteiger charge is -2.34. The van der Waals surface area contributed by atoms with E-state index in [0.29, 0.717) is 49.9 Å². The molecule has 1 aromatic carbocycles. The monoisotopic (exact) mass is 464 g/mol. The summed E-state index contributed by atoms with van der Waals surface area (Å²) < 4.78 is 45.3. The van der Waals surface area contributed by atoms with E-state index < -0.39 is 11.7 Å². The molecule has 1 aliphatic carbocycles. The lowest BCUT2D eigenvalue weighted by molar-refractivity contribution is -0.138. The molecule has 1 saturated carbocycles. The van der Waals surface area contributed by atoms with E-state index in [1.165, 1.54) is 18.8 Å². The maximum Gasteiger partial charge on any atom is 0.416 e. The molecule has 0 N–H and O–H groups in total. The van der Waals surface area contributed by atoms with Crippen molar-refractivity contribution < 1.29 is 22.4 Å². The van der Waals surface area contributed by atoms with Gasteiger partial charge in [0.2, 0.25) is 5.89 Å². The van der Waals surface area contributed by atoms with E-state index in [0.717, 1.165) is 31.7 Å². The largest absolute Gasteiger partial charge is 0.447 e. The number of alkyl halides is 3. The fraction of sp³-hybridized carbons (Fsp3) is 0.583. The summed E-state index contributed by atoms with van der Waals surface area (Å²) in [6, 6.07) is 6.02. The third-order valence-electron chi connectivity index (χ3n) is 6.75. The number of halogens is 3. The molecule has 0 radical (unpaired) electrons. The van der Waals surface area contributed by atoms with Crippen LogP contribution in [-0.4, -0.2) is 64.9 Å². The van der Waals surface area contributed by atoms with E-state index in [9.17, 15) is 18.0 Å². The van der Waals surface area contributed by atoms with Crippen LogP contribution in [0.3, 0.4) is 0 Å². The minimum absolute atomic E-state index is 0.106. The Hall–Kier alpha value is -2.39. The predicted octanol–water partition coefficient (Wildman–Crippen LogP) is 4.42. The van der Waals surface area contributed by atoms with Gasteiger partial charge in [-0.15, -0.1) is 0 Å². The third-order valence-corrected chi connectivity index (χ3v) is 6.75. The summed E-state index contributed by atoms with van der Waals surface area (Å²) in [6.07, 6.45) is 2.69. The molecule has 0 atom stereocenters. The predicted molar refractivity (Wildman–Crippen MR) is 117 cm³/mol. The summed E-state index contributed by atoms with van der Waals surface area (Å²) >= 11 is 0. The first-order valence-corrected chi connectivity index (χ1v) is 11.6. The van der Waals surface area contributed by atoms with Gasteiger partial charge in [-0.1, -0.05) is 37.5 Å². The summed E-state index contributed by atoms with van der Waals surface area (Å²) in [7, 11) is 1.84.